The molecule has 0 aromatic heterocycles. The van der Waals surface area contributed by atoms with Gasteiger partial charge >= 0.3 is 0 Å². The molecular weight excluding hydrogens is 268 g/mol. The Morgan fingerprint density at radius 3 is 2.22 bits per heavy atom. The van der Waals surface area contributed by atoms with Gasteiger partial charge in [-0.05, 0) is 18.6 Å². The maximum absolute atomic E-state index is 13.6. The molecule has 2 N–H and O–H groups in total. The smallest absolute Gasteiger partial charge is 0.166 e. The first-order chi connectivity index (χ1) is 8.41. The van der Waals surface area contributed by atoms with Gasteiger partial charge in [0.15, 0.2) is 28.4 Å². The van der Waals surface area contributed by atoms with Crippen molar-refractivity contribution in [1.29, 1.82) is 0 Å². The minimum absolute atomic E-state index is 0.107. The third-order valence-electron chi connectivity index (χ3n) is 3.05. The van der Waals surface area contributed by atoms with Gasteiger partial charge in [0.1, 0.15) is 0 Å². The Morgan fingerprint density at radius 2 is 1.78 bits per heavy atom. The molecule has 98 valence electrons. The molecule has 1 aromatic rings. The fraction of sp³-hybridized carbons (Fsp3) is 0.364. The first-order valence-electron chi connectivity index (χ1n) is 5.29. The molecule has 0 aliphatic carbocycles. The van der Waals surface area contributed by atoms with Gasteiger partial charge in [-0.25, -0.2) is 17.6 Å². The minimum atomic E-state index is -1.39. The van der Waals surface area contributed by atoms with E-state index in [0.29, 0.717) is 13.0 Å². The normalized spacial score (nSPS) is 19.3. The number of halogens is 4. The average molecular weight is 278 g/mol. The van der Waals surface area contributed by atoms with E-state index in [9.17, 15) is 17.6 Å². The zero-order valence-electron chi connectivity index (χ0n) is 9.22. The zero-order chi connectivity index (χ0) is 13.4. The molecule has 1 atom stereocenters. The van der Waals surface area contributed by atoms with Gasteiger partial charge in [-0.15, -0.1) is 0 Å². The van der Waals surface area contributed by atoms with Gasteiger partial charge in [0, 0.05) is 30.6 Å². The molecule has 2 nitrogen and oxygen atoms in total. The van der Waals surface area contributed by atoms with Gasteiger partial charge < -0.3 is 10.6 Å². The van der Waals surface area contributed by atoms with Crippen LogP contribution in [0.15, 0.2) is 6.07 Å². The van der Waals surface area contributed by atoms with E-state index in [1.165, 1.54) is 0 Å². The standard InChI is InChI=1S/C11H10F4N2S/c12-6-3-7(13)10(15)8(9(6)14)5-1-2-17(4-5)11(16)18/h3,5H,1-2,4H2,(H2,16,18)/t5-/m1/s1. The molecule has 18 heavy (non-hydrogen) atoms. The van der Waals surface area contributed by atoms with Crippen molar-refractivity contribution >= 4 is 17.3 Å². The summed E-state index contributed by atoms with van der Waals surface area (Å²) in [6.07, 6.45) is 0.341. The highest BCUT2D eigenvalue weighted by Crippen LogP contribution is 2.32. The zero-order valence-corrected chi connectivity index (χ0v) is 10.0. The van der Waals surface area contributed by atoms with Crippen LogP contribution < -0.4 is 5.73 Å². The Kier molecular flexibility index (Phi) is 3.43. The molecular formula is C11H10F4N2S. The Balaban J connectivity index is 2.38. The SMILES string of the molecule is NC(=S)N1CC[C@@H](c2c(F)c(F)cc(F)c2F)C1. The topological polar surface area (TPSA) is 29.3 Å². The third-order valence-corrected chi connectivity index (χ3v) is 3.31. The molecule has 0 bridgehead atoms. The molecule has 1 aliphatic rings. The molecule has 1 aliphatic heterocycles. The average Bonchev–Trinajstić information content (AvgIpc) is 2.76. The van der Waals surface area contributed by atoms with E-state index in [1.807, 2.05) is 0 Å². The summed E-state index contributed by atoms with van der Waals surface area (Å²) in [4.78, 5) is 1.54. The lowest BCUT2D eigenvalue weighted by atomic mass is 9.97. The molecule has 7 heteroatoms. The quantitative estimate of drug-likeness (QED) is 0.485. The van der Waals surface area contributed by atoms with E-state index < -0.39 is 34.8 Å². The second kappa shape index (κ2) is 4.72. The van der Waals surface area contributed by atoms with E-state index in [4.69, 9.17) is 18.0 Å². The summed E-state index contributed by atoms with van der Waals surface area (Å²) < 4.78 is 53.3. The molecule has 1 heterocycles. The highest BCUT2D eigenvalue weighted by Gasteiger charge is 2.31. The Hall–Kier alpha value is -1.37. The van der Waals surface area contributed by atoms with Crippen molar-refractivity contribution in [3.05, 3.63) is 34.9 Å². The molecule has 1 saturated heterocycles. The van der Waals surface area contributed by atoms with Crippen molar-refractivity contribution in [2.24, 2.45) is 5.73 Å². The number of hydrogen-bond donors (Lipinski definition) is 1. The number of benzene rings is 1. The van der Waals surface area contributed by atoms with Crippen LogP contribution in [0.1, 0.15) is 17.9 Å². The fourth-order valence-electron chi connectivity index (χ4n) is 2.15. The first kappa shape index (κ1) is 13.1. The van der Waals surface area contributed by atoms with Gasteiger partial charge in [-0.2, -0.15) is 0 Å². The van der Waals surface area contributed by atoms with E-state index in [1.54, 1.807) is 4.90 Å². The predicted octanol–water partition coefficient (Wildman–Crippen LogP) is 2.28. The maximum Gasteiger partial charge on any atom is 0.166 e. The van der Waals surface area contributed by atoms with Crippen molar-refractivity contribution < 1.29 is 17.6 Å². The largest absolute Gasteiger partial charge is 0.376 e. The number of thiocarbonyl (C=S) groups is 1. The van der Waals surface area contributed by atoms with Crippen molar-refractivity contribution in [1.82, 2.24) is 4.90 Å². The molecule has 1 aromatic carbocycles. The lowest BCUT2D eigenvalue weighted by Gasteiger charge is -2.17. The molecule has 0 spiro atoms. The lowest BCUT2D eigenvalue weighted by Crippen LogP contribution is -2.33. The molecule has 0 saturated carbocycles. The molecule has 0 radical (unpaired) electrons. The molecule has 0 unspecified atom stereocenters. The van der Waals surface area contributed by atoms with Crippen LogP contribution in [0.2, 0.25) is 0 Å². The molecule has 0 amide bonds. The van der Waals surface area contributed by atoms with E-state index in [0.717, 1.165) is 0 Å². The van der Waals surface area contributed by atoms with Crippen molar-refractivity contribution in [2.75, 3.05) is 13.1 Å². The number of rotatable bonds is 1. The van der Waals surface area contributed by atoms with Crippen LogP contribution in [-0.4, -0.2) is 23.1 Å². The van der Waals surface area contributed by atoms with Gasteiger partial charge in [0.2, 0.25) is 0 Å². The van der Waals surface area contributed by atoms with Crippen LogP contribution in [0, 0.1) is 23.3 Å². The lowest BCUT2D eigenvalue weighted by molar-refractivity contribution is 0.424. The number of hydrogen-bond acceptors (Lipinski definition) is 1. The van der Waals surface area contributed by atoms with Gasteiger partial charge in [-0.1, -0.05) is 0 Å². The number of nitrogens with two attached hydrogens (primary N) is 1. The van der Waals surface area contributed by atoms with Crippen LogP contribution in [0.5, 0.6) is 0 Å². The van der Waals surface area contributed by atoms with Crippen LogP contribution in [0.25, 0.3) is 0 Å². The second-order valence-corrected chi connectivity index (χ2v) is 4.57. The van der Waals surface area contributed by atoms with Crippen LogP contribution in [-0.2, 0) is 0 Å². The summed E-state index contributed by atoms with van der Waals surface area (Å²) >= 11 is 4.74. The van der Waals surface area contributed by atoms with Gasteiger partial charge in [0.25, 0.3) is 0 Å². The summed E-state index contributed by atoms with van der Waals surface area (Å²) in [6, 6.07) is 0.203. The number of nitrogens with zero attached hydrogens (tertiary/aromatic N) is 1. The van der Waals surface area contributed by atoms with Gasteiger partial charge in [0.05, 0.1) is 0 Å². The van der Waals surface area contributed by atoms with E-state index >= 15 is 0 Å². The van der Waals surface area contributed by atoms with E-state index in [-0.39, 0.29) is 17.7 Å². The van der Waals surface area contributed by atoms with Crippen molar-refractivity contribution in [2.45, 2.75) is 12.3 Å². The highest BCUT2D eigenvalue weighted by atomic mass is 32.1. The summed E-state index contributed by atoms with van der Waals surface area (Å²) in [5.74, 6) is -6.13. The second-order valence-electron chi connectivity index (χ2n) is 4.15. The van der Waals surface area contributed by atoms with Crippen molar-refractivity contribution in [3.8, 4) is 0 Å². The highest BCUT2D eigenvalue weighted by molar-refractivity contribution is 7.80. The molecule has 2 rings (SSSR count). The minimum Gasteiger partial charge on any atom is -0.376 e. The monoisotopic (exact) mass is 278 g/mol. The van der Waals surface area contributed by atoms with Gasteiger partial charge in [-0.3, -0.25) is 0 Å². The predicted molar refractivity (Wildman–Crippen MR) is 62.0 cm³/mol. The van der Waals surface area contributed by atoms with Crippen LogP contribution in [0.3, 0.4) is 0 Å². The Labute approximate surface area is 106 Å². The Bertz CT molecular complexity index is 480. The number of likely N-dealkylation sites (tertiary alicyclic amines) is 1. The summed E-state index contributed by atoms with van der Waals surface area (Å²) in [5.41, 5.74) is 4.83. The third kappa shape index (κ3) is 2.14. The van der Waals surface area contributed by atoms with Crippen molar-refractivity contribution in [3.63, 3.8) is 0 Å². The van der Waals surface area contributed by atoms with Crippen LogP contribution >= 0.6 is 12.2 Å². The molecule has 1 fully saturated rings. The van der Waals surface area contributed by atoms with E-state index in [2.05, 4.69) is 0 Å². The maximum atomic E-state index is 13.6. The summed E-state index contributed by atoms with van der Waals surface area (Å²) in [7, 11) is 0. The summed E-state index contributed by atoms with van der Waals surface area (Å²) in [5, 5.41) is 0.107. The Morgan fingerprint density at radius 1 is 1.22 bits per heavy atom. The van der Waals surface area contributed by atoms with Crippen LogP contribution in [0.4, 0.5) is 17.6 Å². The first-order valence-corrected chi connectivity index (χ1v) is 5.70. The fourth-order valence-corrected chi connectivity index (χ4v) is 2.31. The summed E-state index contributed by atoms with van der Waals surface area (Å²) in [6.45, 7) is 0.572.